The first-order valence-electron chi connectivity index (χ1n) is 7.57. The van der Waals surface area contributed by atoms with Crippen LogP contribution in [0.3, 0.4) is 0 Å². The quantitative estimate of drug-likeness (QED) is 0.834. The van der Waals surface area contributed by atoms with Crippen molar-refractivity contribution in [3.8, 4) is 11.5 Å². The highest BCUT2D eigenvalue weighted by Gasteiger charge is 2.21. The molecule has 1 aliphatic heterocycles. The van der Waals surface area contributed by atoms with Gasteiger partial charge in [0, 0.05) is 25.7 Å². The zero-order valence-corrected chi connectivity index (χ0v) is 13.0. The third kappa shape index (κ3) is 5.35. The van der Waals surface area contributed by atoms with Crippen LogP contribution in [-0.2, 0) is 16.0 Å². The van der Waals surface area contributed by atoms with Gasteiger partial charge in [-0.15, -0.1) is 0 Å². The minimum atomic E-state index is -2.89. The number of ether oxygens (including phenoxy) is 3. The van der Waals surface area contributed by atoms with Gasteiger partial charge in [-0.2, -0.15) is 8.78 Å². The number of carbonyl (C=O) groups excluding carboxylic acids is 1. The number of rotatable bonds is 7. The lowest BCUT2D eigenvalue weighted by molar-refractivity contribution is -0.127. The largest absolute Gasteiger partial charge is 0.493 e. The van der Waals surface area contributed by atoms with E-state index in [-0.39, 0.29) is 23.3 Å². The standard InChI is InChI=1S/C16H21F2NO4/c1-21-14-10-11(2-3-13(14)23-16(17)18)4-7-19-15(20)12-5-8-22-9-6-12/h2-3,10,12,16H,4-9H2,1H3,(H,19,20). The summed E-state index contributed by atoms with van der Waals surface area (Å²) >= 11 is 0. The number of methoxy groups -OCH3 is 1. The summed E-state index contributed by atoms with van der Waals surface area (Å²) in [4.78, 5) is 12.0. The van der Waals surface area contributed by atoms with Gasteiger partial charge in [0.2, 0.25) is 5.91 Å². The normalized spacial score (nSPS) is 15.5. The molecule has 1 fully saturated rings. The molecule has 0 aliphatic carbocycles. The predicted molar refractivity (Wildman–Crippen MR) is 79.9 cm³/mol. The second-order valence-corrected chi connectivity index (χ2v) is 5.29. The van der Waals surface area contributed by atoms with Crippen LogP contribution in [-0.4, -0.2) is 39.4 Å². The topological polar surface area (TPSA) is 56.8 Å². The van der Waals surface area contributed by atoms with Crippen LogP contribution in [0.2, 0.25) is 0 Å². The highest BCUT2D eigenvalue weighted by Crippen LogP contribution is 2.29. The van der Waals surface area contributed by atoms with Crippen LogP contribution in [0.1, 0.15) is 18.4 Å². The van der Waals surface area contributed by atoms with Gasteiger partial charge in [0.1, 0.15) is 0 Å². The molecule has 2 rings (SSSR count). The molecule has 0 spiro atoms. The first kappa shape index (κ1) is 17.5. The molecule has 0 atom stereocenters. The number of halogens is 2. The number of amides is 1. The molecule has 128 valence electrons. The molecule has 1 aliphatic rings. The van der Waals surface area contributed by atoms with Crippen LogP contribution in [0.5, 0.6) is 11.5 Å². The van der Waals surface area contributed by atoms with Crippen LogP contribution >= 0.6 is 0 Å². The Morgan fingerprint density at radius 1 is 1.35 bits per heavy atom. The van der Waals surface area contributed by atoms with Crippen LogP contribution in [0.25, 0.3) is 0 Å². The molecule has 0 radical (unpaired) electrons. The molecule has 0 bridgehead atoms. The molecule has 0 aromatic heterocycles. The predicted octanol–water partition coefficient (Wildman–Crippen LogP) is 2.38. The van der Waals surface area contributed by atoms with Gasteiger partial charge in [0.25, 0.3) is 0 Å². The van der Waals surface area contributed by atoms with Gasteiger partial charge in [-0.25, -0.2) is 0 Å². The average molecular weight is 329 g/mol. The van der Waals surface area contributed by atoms with Crippen LogP contribution < -0.4 is 14.8 Å². The zero-order chi connectivity index (χ0) is 16.7. The maximum Gasteiger partial charge on any atom is 0.387 e. The van der Waals surface area contributed by atoms with Gasteiger partial charge < -0.3 is 19.5 Å². The number of carbonyl (C=O) groups is 1. The summed E-state index contributed by atoms with van der Waals surface area (Å²) in [5, 5.41) is 2.90. The highest BCUT2D eigenvalue weighted by molar-refractivity contribution is 5.78. The number of hydrogen-bond donors (Lipinski definition) is 1. The van der Waals surface area contributed by atoms with Crippen molar-refractivity contribution in [3.63, 3.8) is 0 Å². The number of hydrogen-bond acceptors (Lipinski definition) is 4. The van der Waals surface area contributed by atoms with Crippen LogP contribution in [0.15, 0.2) is 18.2 Å². The molecule has 0 saturated carbocycles. The summed E-state index contributed by atoms with van der Waals surface area (Å²) < 4.78 is 39.2. The maximum absolute atomic E-state index is 12.3. The third-order valence-corrected chi connectivity index (χ3v) is 3.75. The minimum Gasteiger partial charge on any atom is -0.493 e. The van der Waals surface area contributed by atoms with Gasteiger partial charge in [-0.3, -0.25) is 4.79 Å². The van der Waals surface area contributed by atoms with E-state index in [9.17, 15) is 13.6 Å². The Bertz CT molecular complexity index is 519. The molecule has 5 nitrogen and oxygen atoms in total. The summed E-state index contributed by atoms with van der Waals surface area (Å²) in [7, 11) is 1.39. The van der Waals surface area contributed by atoms with Crippen molar-refractivity contribution in [2.75, 3.05) is 26.9 Å². The number of nitrogens with one attached hydrogen (secondary N) is 1. The average Bonchev–Trinajstić information content (AvgIpc) is 2.56. The Labute approximate surface area is 133 Å². The molecule has 1 saturated heterocycles. The lowest BCUT2D eigenvalue weighted by Crippen LogP contribution is -2.35. The van der Waals surface area contributed by atoms with Crippen molar-refractivity contribution in [3.05, 3.63) is 23.8 Å². The van der Waals surface area contributed by atoms with E-state index in [1.165, 1.54) is 13.2 Å². The van der Waals surface area contributed by atoms with E-state index in [0.29, 0.717) is 26.2 Å². The van der Waals surface area contributed by atoms with Crippen molar-refractivity contribution in [2.45, 2.75) is 25.9 Å². The van der Waals surface area contributed by atoms with E-state index in [0.717, 1.165) is 18.4 Å². The first-order valence-corrected chi connectivity index (χ1v) is 7.57. The summed E-state index contributed by atoms with van der Waals surface area (Å²) in [6.07, 6.45) is 2.08. The number of benzene rings is 1. The van der Waals surface area contributed by atoms with Gasteiger partial charge in [-0.1, -0.05) is 6.07 Å². The zero-order valence-electron chi connectivity index (χ0n) is 13.0. The Morgan fingerprint density at radius 2 is 2.09 bits per heavy atom. The summed E-state index contributed by atoms with van der Waals surface area (Å²) in [5.41, 5.74) is 0.871. The Morgan fingerprint density at radius 3 is 2.74 bits per heavy atom. The summed E-state index contributed by atoms with van der Waals surface area (Å²) in [5.74, 6) is 0.300. The molecule has 23 heavy (non-hydrogen) atoms. The van der Waals surface area contributed by atoms with Gasteiger partial charge in [-0.05, 0) is 37.0 Å². The monoisotopic (exact) mass is 329 g/mol. The Kier molecular flexibility index (Phi) is 6.58. The molecule has 1 aromatic rings. The van der Waals surface area contributed by atoms with E-state index in [1.54, 1.807) is 12.1 Å². The summed E-state index contributed by atoms with van der Waals surface area (Å²) in [6, 6.07) is 4.76. The van der Waals surface area contributed by atoms with Crippen LogP contribution in [0, 0.1) is 5.92 Å². The molecule has 1 amide bonds. The highest BCUT2D eigenvalue weighted by atomic mass is 19.3. The van der Waals surface area contributed by atoms with Crippen molar-refractivity contribution in [2.24, 2.45) is 5.92 Å². The first-order chi connectivity index (χ1) is 11.1. The molecule has 7 heteroatoms. The molecule has 0 unspecified atom stereocenters. The van der Waals surface area contributed by atoms with Crippen molar-refractivity contribution >= 4 is 5.91 Å². The van der Waals surface area contributed by atoms with E-state index in [4.69, 9.17) is 9.47 Å². The molecule has 1 aromatic carbocycles. The fraction of sp³-hybridized carbons (Fsp3) is 0.562. The third-order valence-electron chi connectivity index (χ3n) is 3.75. The number of alkyl halides is 2. The lowest BCUT2D eigenvalue weighted by atomic mass is 9.99. The van der Waals surface area contributed by atoms with E-state index < -0.39 is 6.61 Å². The van der Waals surface area contributed by atoms with Gasteiger partial charge >= 0.3 is 6.61 Å². The second kappa shape index (κ2) is 8.67. The van der Waals surface area contributed by atoms with E-state index >= 15 is 0 Å². The Hall–Kier alpha value is -1.89. The molecular weight excluding hydrogens is 308 g/mol. The van der Waals surface area contributed by atoms with E-state index in [1.807, 2.05) is 0 Å². The van der Waals surface area contributed by atoms with Crippen molar-refractivity contribution in [1.82, 2.24) is 5.32 Å². The maximum atomic E-state index is 12.3. The fourth-order valence-corrected chi connectivity index (χ4v) is 2.49. The van der Waals surface area contributed by atoms with Gasteiger partial charge in [0.15, 0.2) is 11.5 Å². The smallest absolute Gasteiger partial charge is 0.387 e. The molecule has 1 heterocycles. The van der Waals surface area contributed by atoms with Gasteiger partial charge in [0.05, 0.1) is 7.11 Å². The Balaban J connectivity index is 1.84. The minimum absolute atomic E-state index is 0.00232. The SMILES string of the molecule is COc1cc(CCNC(=O)C2CCOCC2)ccc1OC(F)F. The van der Waals surface area contributed by atoms with Crippen LogP contribution in [0.4, 0.5) is 8.78 Å². The van der Waals surface area contributed by atoms with Crippen molar-refractivity contribution in [1.29, 1.82) is 0 Å². The summed E-state index contributed by atoms with van der Waals surface area (Å²) in [6.45, 7) is -1.16. The lowest BCUT2D eigenvalue weighted by Gasteiger charge is -2.21. The fourth-order valence-electron chi connectivity index (χ4n) is 2.49. The second-order valence-electron chi connectivity index (χ2n) is 5.29. The molecule has 1 N–H and O–H groups in total. The molecular formula is C16H21F2NO4. The van der Waals surface area contributed by atoms with E-state index in [2.05, 4.69) is 10.1 Å². The van der Waals surface area contributed by atoms with Crippen molar-refractivity contribution < 1.29 is 27.8 Å².